The average molecular weight is 370 g/mol. The molecule has 142 valence electrons. The molecule has 0 aromatic carbocycles. The number of amides is 4. The summed E-state index contributed by atoms with van der Waals surface area (Å²) < 4.78 is 5.14. The highest BCUT2D eigenvalue weighted by molar-refractivity contribution is 6.01. The number of nitrogens with zero attached hydrogens (tertiary/aromatic N) is 2. The standard InChI is InChI=1S/C15H18N2O9/c18-10-3-4-11(19)16(10)25-14(22)2-1-8-24-9-7-15(23)26-17-12(20)5-6-13(17)21/h2,22H,1,3-9H2. The third-order valence-electron chi connectivity index (χ3n) is 3.42. The maximum atomic E-state index is 11.5. The molecule has 4 amide bonds. The molecular formula is C15H18N2O9. The van der Waals surface area contributed by atoms with Gasteiger partial charge in [0.1, 0.15) is 0 Å². The molecule has 1 N–H and O–H groups in total. The first-order valence-corrected chi connectivity index (χ1v) is 7.95. The van der Waals surface area contributed by atoms with Crippen molar-refractivity contribution in [2.45, 2.75) is 38.5 Å². The Bertz CT molecular complexity index is 611. The van der Waals surface area contributed by atoms with Crippen molar-refractivity contribution in [2.75, 3.05) is 13.2 Å². The first-order valence-electron chi connectivity index (χ1n) is 7.95. The topological polar surface area (TPSA) is 140 Å². The first-order chi connectivity index (χ1) is 12.4. The molecule has 0 unspecified atom stereocenters. The van der Waals surface area contributed by atoms with Crippen LogP contribution in [-0.4, -0.2) is 58.0 Å². The molecule has 2 rings (SSSR count). The molecule has 0 saturated carbocycles. The fourth-order valence-electron chi connectivity index (χ4n) is 2.12. The Morgan fingerprint density at radius 3 is 1.92 bits per heavy atom. The van der Waals surface area contributed by atoms with Gasteiger partial charge in [-0.3, -0.25) is 19.2 Å². The van der Waals surface area contributed by atoms with Crippen molar-refractivity contribution in [3.63, 3.8) is 0 Å². The van der Waals surface area contributed by atoms with E-state index in [0.29, 0.717) is 10.1 Å². The van der Waals surface area contributed by atoms with E-state index in [2.05, 4.69) is 4.84 Å². The van der Waals surface area contributed by atoms with Crippen LogP contribution in [0, 0.1) is 0 Å². The van der Waals surface area contributed by atoms with Gasteiger partial charge in [0.05, 0.1) is 19.6 Å². The molecule has 0 spiro atoms. The summed E-state index contributed by atoms with van der Waals surface area (Å²) in [5, 5.41) is 10.5. The van der Waals surface area contributed by atoms with Gasteiger partial charge in [0.15, 0.2) is 0 Å². The zero-order chi connectivity index (χ0) is 19.1. The Morgan fingerprint density at radius 1 is 0.885 bits per heavy atom. The second-order valence-corrected chi connectivity index (χ2v) is 5.41. The van der Waals surface area contributed by atoms with Crippen LogP contribution in [-0.2, 0) is 38.4 Å². The van der Waals surface area contributed by atoms with Crippen LogP contribution in [0.1, 0.15) is 38.5 Å². The van der Waals surface area contributed by atoms with Crippen LogP contribution in [0.25, 0.3) is 0 Å². The van der Waals surface area contributed by atoms with Crippen molar-refractivity contribution in [1.82, 2.24) is 10.1 Å². The summed E-state index contributed by atoms with van der Waals surface area (Å²) in [5.41, 5.74) is 0. The van der Waals surface area contributed by atoms with E-state index in [-0.39, 0.29) is 51.7 Å². The molecule has 0 bridgehead atoms. The van der Waals surface area contributed by atoms with Gasteiger partial charge in [-0.05, 0) is 6.42 Å². The summed E-state index contributed by atoms with van der Waals surface area (Å²) in [5.74, 6) is -3.55. The van der Waals surface area contributed by atoms with E-state index in [1.165, 1.54) is 6.08 Å². The van der Waals surface area contributed by atoms with Crippen LogP contribution in [0.2, 0.25) is 0 Å². The van der Waals surface area contributed by atoms with Gasteiger partial charge < -0.3 is 19.5 Å². The van der Waals surface area contributed by atoms with Gasteiger partial charge in [0, 0.05) is 31.8 Å². The lowest BCUT2D eigenvalue weighted by Crippen LogP contribution is -2.32. The Morgan fingerprint density at radius 2 is 1.38 bits per heavy atom. The van der Waals surface area contributed by atoms with E-state index in [0.717, 1.165) is 0 Å². The first kappa shape index (κ1) is 19.4. The van der Waals surface area contributed by atoms with Gasteiger partial charge in [-0.1, -0.05) is 0 Å². The molecule has 2 heterocycles. The van der Waals surface area contributed by atoms with Crippen molar-refractivity contribution in [2.24, 2.45) is 0 Å². The third-order valence-corrected chi connectivity index (χ3v) is 3.42. The van der Waals surface area contributed by atoms with E-state index in [1.807, 2.05) is 0 Å². The molecule has 2 aliphatic heterocycles. The summed E-state index contributed by atoms with van der Waals surface area (Å²) in [4.78, 5) is 66.0. The molecule has 2 fully saturated rings. The number of carbonyl (C=O) groups excluding carboxylic acids is 5. The van der Waals surface area contributed by atoms with Crippen LogP contribution in [0.4, 0.5) is 0 Å². The van der Waals surface area contributed by atoms with E-state index in [9.17, 15) is 29.1 Å². The highest BCUT2D eigenvalue weighted by Gasteiger charge is 2.33. The maximum Gasteiger partial charge on any atom is 0.335 e. The minimum atomic E-state index is -0.776. The predicted octanol–water partition coefficient (Wildman–Crippen LogP) is -0.130. The van der Waals surface area contributed by atoms with Crippen LogP contribution in [0.5, 0.6) is 0 Å². The zero-order valence-electron chi connectivity index (χ0n) is 13.8. The lowest BCUT2D eigenvalue weighted by molar-refractivity contribution is -0.198. The monoisotopic (exact) mass is 370 g/mol. The van der Waals surface area contributed by atoms with Gasteiger partial charge in [-0.15, -0.1) is 10.1 Å². The summed E-state index contributed by atoms with van der Waals surface area (Å²) in [6.07, 6.45) is 1.36. The van der Waals surface area contributed by atoms with Crippen molar-refractivity contribution in [1.29, 1.82) is 0 Å². The molecule has 0 aliphatic carbocycles. The van der Waals surface area contributed by atoms with Gasteiger partial charge in [-0.2, -0.15) is 0 Å². The van der Waals surface area contributed by atoms with E-state index in [1.54, 1.807) is 0 Å². The number of imide groups is 2. The van der Waals surface area contributed by atoms with Crippen LogP contribution >= 0.6 is 0 Å². The van der Waals surface area contributed by atoms with E-state index >= 15 is 0 Å². The smallest absolute Gasteiger partial charge is 0.335 e. The largest absolute Gasteiger partial charge is 0.480 e. The third kappa shape index (κ3) is 5.28. The molecule has 0 aromatic heterocycles. The molecule has 0 aromatic rings. The van der Waals surface area contributed by atoms with Gasteiger partial charge >= 0.3 is 11.9 Å². The van der Waals surface area contributed by atoms with Crippen molar-refractivity contribution < 1.29 is 43.5 Å². The number of rotatable bonds is 9. The van der Waals surface area contributed by atoms with E-state index < -0.39 is 35.5 Å². The molecule has 0 atom stereocenters. The van der Waals surface area contributed by atoms with Crippen LogP contribution in [0.3, 0.4) is 0 Å². The minimum Gasteiger partial charge on any atom is -0.480 e. The number of hydrogen-bond acceptors (Lipinski definition) is 9. The maximum absolute atomic E-state index is 11.5. The predicted molar refractivity (Wildman–Crippen MR) is 80.1 cm³/mol. The highest BCUT2D eigenvalue weighted by Crippen LogP contribution is 2.14. The number of aliphatic hydroxyl groups is 1. The molecular weight excluding hydrogens is 352 g/mol. The zero-order valence-corrected chi connectivity index (χ0v) is 13.8. The molecule has 0 radical (unpaired) electrons. The summed E-state index contributed by atoms with van der Waals surface area (Å²) in [6, 6.07) is 0. The number of ether oxygens (including phenoxy) is 1. The number of carbonyl (C=O) groups is 5. The van der Waals surface area contributed by atoms with Crippen molar-refractivity contribution in [3.05, 3.63) is 12.0 Å². The molecule has 2 saturated heterocycles. The highest BCUT2D eigenvalue weighted by atomic mass is 16.8. The van der Waals surface area contributed by atoms with Gasteiger partial charge in [-0.25, -0.2) is 4.79 Å². The Labute approximate surface area is 148 Å². The molecule has 11 heteroatoms. The van der Waals surface area contributed by atoms with Crippen LogP contribution in [0.15, 0.2) is 12.0 Å². The van der Waals surface area contributed by atoms with Gasteiger partial charge in [0.2, 0.25) is 0 Å². The Balaban J connectivity index is 1.58. The number of hydrogen-bond donors (Lipinski definition) is 1. The second kappa shape index (κ2) is 8.94. The number of hydroxylamine groups is 4. The fourth-order valence-corrected chi connectivity index (χ4v) is 2.12. The Kier molecular flexibility index (Phi) is 6.67. The summed E-state index contributed by atoms with van der Waals surface area (Å²) >= 11 is 0. The van der Waals surface area contributed by atoms with Crippen molar-refractivity contribution in [3.8, 4) is 0 Å². The fraction of sp³-hybridized carbons (Fsp3) is 0.533. The van der Waals surface area contributed by atoms with Gasteiger partial charge in [0.25, 0.3) is 23.6 Å². The SMILES string of the molecule is O=C(CCOCCC=C(O)ON1C(=O)CCC1=O)ON1C(=O)CCC1=O. The molecule has 26 heavy (non-hydrogen) atoms. The average Bonchev–Trinajstić information content (AvgIpc) is 3.08. The molecule has 11 nitrogen and oxygen atoms in total. The second-order valence-electron chi connectivity index (χ2n) is 5.41. The lowest BCUT2D eigenvalue weighted by Gasteiger charge is -2.13. The quantitative estimate of drug-likeness (QED) is 0.334. The normalized spacial score (nSPS) is 18.1. The van der Waals surface area contributed by atoms with E-state index in [4.69, 9.17) is 9.57 Å². The van der Waals surface area contributed by atoms with Crippen molar-refractivity contribution >= 4 is 29.6 Å². The lowest BCUT2D eigenvalue weighted by atomic mass is 10.4. The summed E-state index contributed by atoms with van der Waals surface area (Å²) in [6.45, 7) is 0.0950. The minimum absolute atomic E-state index is 0.0202. The Hall–Kier alpha value is -2.95. The van der Waals surface area contributed by atoms with Crippen LogP contribution < -0.4 is 0 Å². The summed E-state index contributed by atoms with van der Waals surface area (Å²) in [7, 11) is 0. The molecule has 2 aliphatic rings. The number of aliphatic hydroxyl groups excluding tert-OH is 1.